The van der Waals surface area contributed by atoms with E-state index in [9.17, 15) is 5.11 Å². The van der Waals surface area contributed by atoms with Crippen LogP contribution in [0.5, 0.6) is 0 Å². The van der Waals surface area contributed by atoms with Crippen LogP contribution in [-0.2, 0) is 11.2 Å². The van der Waals surface area contributed by atoms with Crippen molar-refractivity contribution in [3.63, 3.8) is 0 Å². The van der Waals surface area contributed by atoms with Crippen LogP contribution in [0.25, 0.3) is 0 Å². The molecular formula is C19H32IN3O2. The Morgan fingerprint density at radius 1 is 1.36 bits per heavy atom. The summed E-state index contributed by atoms with van der Waals surface area (Å²) < 4.78 is 5.54. The summed E-state index contributed by atoms with van der Waals surface area (Å²) in [4.78, 5) is 6.93. The zero-order valence-electron chi connectivity index (χ0n) is 15.4. The van der Waals surface area contributed by atoms with Crippen LogP contribution in [0, 0.1) is 5.92 Å². The molecule has 25 heavy (non-hydrogen) atoms. The Kier molecular flexibility index (Phi) is 11.1. The molecule has 142 valence electrons. The number of guanidine groups is 1. The lowest BCUT2D eigenvalue weighted by atomic mass is 10.1. The molecule has 0 saturated carbocycles. The molecule has 0 amide bonds. The summed E-state index contributed by atoms with van der Waals surface area (Å²) >= 11 is 0. The lowest BCUT2D eigenvalue weighted by molar-refractivity contribution is 0.114. The monoisotopic (exact) mass is 461 g/mol. The highest BCUT2D eigenvalue weighted by molar-refractivity contribution is 14.0. The molecule has 0 spiro atoms. The second-order valence-corrected chi connectivity index (χ2v) is 6.30. The van der Waals surface area contributed by atoms with Gasteiger partial charge in [-0.3, -0.25) is 4.99 Å². The minimum atomic E-state index is -0.456. The van der Waals surface area contributed by atoms with E-state index in [-0.39, 0.29) is 24.0 Å². The van der Waals surface area contributed by atoms with Gasteiger partial charge in [0, 0.05) is 38.6 Å². The zero-order chi connectivity index (χ0) is 17.2. The molecule has 0 aromatic heterocycles. The number of nitrogens with one attached hydrogen (secondary N) is 1. The molecule has 0 aliphatic carbocycles. The smallest absolute Gasteiger partial charge is 0.194 e. The van der Waals surface area contributed by atoms with Crippen molar-refractivity contribution in [1.29, 1.82) is 0 Å². The highest BCUT2D eigenvalue weighted by Gasteiger charge is 2.25. The fourth-order valence-corrected chi connectivity index (χ4v) is 3.01. The Morgan fingerprint density at radius 3 is 2.80 bits per heavy atom. The number of aliphatic hydroxyl groups is 1. The van der Waals surface area contributed by atoms with E-state index in [2.05, 4.69) is 22.1 Å². The molecular weight excluding hydrogens is 429 g/mol. The average Bonchev–Trinajstić information content (AvgIpc) is 3.06. The van der Waals surface area contributed by atoms with Crippen molar-refractivity contribution in [3.05, 3.63) is 35.9 Å². The fraction of sp³-hybridized carbons (Fsp3) is 0.632. The van der Waals surface area contributed by atoms with E-state index in [4.69, 9.17) is 4.74 Å². The lowest BCUT2D eigenvalue weighted by Crippen LogP contribution is -2.41. The molecule has 0 bridgehead atoms. The first-order valence-corrected chi connectivity index (χ1v) is 9.05. The minimum absolute atomic E-state index is 0. The summed E-state index contributed by atoms with van der Waals surface area (Å²) in [6.07, 6.45) is 1.32. The molecule has 1 aliphatic heterocycles. The number of ether oxygens (including phenoxy) is 1. The summed E-state index contributed by atoms with van der Waals surface area (Å²) in [6, 6.07) is 10.1. The number of likely N-dealkylation sites (tertiary alicyclic amines) is 1. The number of hydrogen-bond acceptors (Lipinski definition) is 3. The third-order valence-electron chi connectivity index (χ3n) is 4.24. The summed E-state index contributed by atoms with van der Waals surface area (Å²) in [7, 11) is 0. The van der Waals surface area contributed by atoms with Gasteiger partial charge in [-0.25, -0.2) is 0 Å². The van der Waals surface area contributed by atoms with Gasteiger partial charge in [0.1, 0.15) is 0 Å². The summed E-state index contributed by atoms with van der Waals surface area (Å²) in [5.41, 5.74) is 1.14. The van der Waals surface area contributed by atoms with Gasteiger partial charge in [-0.15, -0.1) is 24.0 Å². The Bertz CT molecular complexity index is 499. The molecule has 1 saturated heterocycles. The second-order valence-electron chi connectivity index (χ2n) is 6.30. The zero-order valence-corrected chi connectivity index (χ0v) is 17.7. The van der Waals surface area contributed by atoms with Gasteiger partial charge in [0.05, 0.1) is 19.3 Å². The van der Waals surface area contributed by atoms with Gasteiger partial charge in [0.2, 0.25) is 0 Å². The largest absolute Gasteiger partial charge is 0.391 e. The number of aliphatic hydroxyl groups excluding tert-OH is 1. The molecule has 1 aromatic rings. The van der Waals surface area contributed by atoms with Crippen LogP contribution in [0.4, 0.5) is 0 Å². The van der Waals surface area contributed by atoms with Crippen LogP contribution in [0.1, 0.15) is 25.8 Å². The molecule has 1 fully saturated rings. The normalized spacial score (nSPS) is 18.8. The maximum absolute atomic E-state index is 10.3. The van der Waals surface area contributed by atoms with Crippen molar-refractivity contribution >= 4 is 29.9 Å². The molecule has 1 aromatic carbocycles. The molecule has 2 atom stereocenters. The van der Waals surface area contributed by atoms with Crippen molar-refractivity contribution in [2.45, 2.75) is 32.8 Å². The third-order valence-corrected chi connectivity index (χ3v) is 4.24. The number of benzene rings is 1. The van der Waals surface area contributed by atoms with Gasteiger partial charge >= 0.3 is 0 Å². The summed E-state index contributed by atoms with van der Waals surface area (Å²) in [5.74, 6) is 1.48. The molecule has 0 radical (unpaired) electrons. The van der Waals surface area contributed by atoms with Crippen molar-refractivity contribution in [1.82, 2.24) is 10.2 Å². The van der Waals surface area contributed by atoms with Crippen molar-refractivity contribution in [2.24, 2.45) is 10.9 Å². The van der Waals surface area contributed by atoms with E-state index in [1.807, 2.05) is 37.3 Å². The van der Waals surface area contributed by atoms with Crippen LogP contribution in [0.15, 0.2) is 35.3 Å². The highest BCUT2D eigenvalue weighted by Crippen LogP contribution is 2.16. The van der Waals surface area contributed by atoms with Crippen molar-refractivity contribution in [2.75, 3.05) is 39.4 Å². The maximum atomic E-state index is 10.3. The van der Waals surface area contributed by atoms with Crippen LogP contribution in [0.3, 0.4) is 0 Å². The third kappa shape index (κ3) is 7.92. The lowest BCUT2D eigenvalue weighted by Gasteiger charge is -2.22. The number of hydrogen-bond donors (Lipinski definition) is 2. The first-order valence-electron chi connectivity index (χ1n) is 9.05. The average molecular weight is 461 g/mol. The van der Waals surface area contributed by atoms with Crippen LogP contribution >= 0.6 is 24.0 Å². The van der Waals surface area contributed by atoms with Gasteiger partial charge in [-0.1, -0.05) is 30.3 Å². The minimum Gasteiger partial charge on any atom is -0.391 e. The molecule has 2 rings (SSSR count). The molecule has 6 heteroatoms. The first kappa shape index (κ1) is 22.2. The highest BCUT2D eigenvalue weighted by atomic mass is 127. The molecule has 5 nitrogen and oxygen atoms in total. The van der Waals surface area contributed by atoms with Gasteiger partial charge < -0.3 is 20.1 Å². The van der Waals surface area contributed by atoms with Crippen molar-refractivity contribution < 1.29 is 9.84 Å². The second kappa shape index (κ2) is 12.5. The van der Waals surface area contributed by atoms with E-state index in [0.717, 1.165) is 50.8 Å². The van der Waals surface area contributed by atoms with E-state index < -0.39 is 6.10 Å². The van der Waals surface area contributed by atoms with Gasteiger partial charge in [-0.05, 0) is 25.8 Å². The Morgan fingerprint density at radius 2 is 2.12 bits per heavy atom. The predicted octanol–water partition coefficient (Wildman–Crippen LogP) is 2.53. The quantitative estimate of drug-likeness (QED) is 0.355. The number of aliphatic imine (C=N–C) groups is 1. The van der Waals surface area contributed by atoms with Gasteiger partial charge in [0.15, 0.2) is 5.96 Å². The maximum Gasteiger partial charge on any atom is 0.194 e. The standard InChI is InChI=1S/C19H31N3O2.HI/c1-3-20-19(22-11-10-17(14-22)15-24-4-2)21-13-18(23)12-16-8-6-5-7-9-16;/h5-9,17-18,23H,3-4,10-15H2,1-2H3,(H,20,21);1H. The number of halogens is 1. The van der Waals surface area contributed by atoms with E-state index in [1.165, 1.54) is 0 Å². The summed E-state index contributed by atoms with van der Waals surface area (Å²) in [5, 5.41) is 13.6. The van der Waals surface area contributed by atoms with Crippen LogP contribution < -0.4 is 5.32 Å². The SMILES string of the molecule is CCNC(=NCC(O)Cc1ccccc1)N1CCC(COCC)C1.I. The summed E-state index contributed by atoms with van der Waals surface area (Å²) in [6.45, 7) is 8.93. The molecule has 2 N–H and O–H groups in total. The van der Waals surface area contributed by atoms with Crippen molar-refractivity contribution in [3.8, 4) is 0 Å². The van der Waals surface area contributed by atoms with Crippen LogP contribution in [-0.4, -0.2) is 61.5 Å². The molecule has 1 aliphatic rings. The number of nitrogens with zero attached hydrogens (tertiary/aromatic N) is 2. The molecule has 1 heterocycles. The van der Waals surface area contributed by atoms with Gasteiger partial charge in [0.25, 0.3) is 0 Å². The fourth-order valence-electron chi connectivity index (χ4n) is 3.01. The van der Waals surface area contributed by atoms with E-state index >= 15 is 0 Å². The Hall–Kier alpha value is -0.860. The van der Waals surface area contributed by atoms with E-state index in [0.29, 0.717) is 18.9 Å². The predicted molar refractivity (Wildman–Crippen MR) is 114 cm³/mol. The topological polar surface area (TPSA) is 57.1 Å². The van der Waals surface area contributed by atoms with Crippen LogP contribution in [0.2, 0.25) is 0 Å². The first-order chi connectivity index (χ1) is 11.7. The van der Waals surface area contributed by atoms with E-state index in [1.54, 1.807) is 0 Å². The molecule has 2 unspecified atom stereocenters. The Balaban J connectivity index is 0.00000312. The number of rotatable bonds is 8. The Labute approximate surface area is 168 Å². The van der Waals surface area contributed by atoms with Gasteiger partial charge in [-0.2, -0.15) is 0 Å².